The number of nitrogens with one attached hydrogen (secondary N) is 1. The van der Waals surface area contributed by atoms with E-state index in [9.17, 15) is 0 Å². The van der Waals surface area contributed by atoms with Crippen LogP contribution in [0, 0.1) is 3.57 Å². The molecule has 0 aromatic heterocycles. The lowest BCUT2D eigenvalue weighted by Crippen LogP contribution is -2.20. The van der Waals surface area contributed by atoms with E-state index in [-0.39, 0.29) is 0 Å². The van der Waals surface area contributed by atoms with Crippen molar-refractivity contribution in [2.75, 3.05) is 26.8 Å². The molecule has 0 radical (unpaired) electrons. The predicted octanol–water partition coefficient (Wildman–Crippen LogP) is 2.46. The Bertz CT molecular complexity index is 261. The van der Waals surface area contributed by atoms with Gasteiger partial charge in [-0.1, -0.05) is 12.1 Å². The van der Waals surface area contributed by atoms with Crippen LogP contribution in [-0.4, -0.2) is 26.8 Å². The highest BCUT2D eigenvalue weighted by Gasteiger charge is 1.93. The van der Waals surface area contributed by atoms with E-state index in [4.69, 9.17) is 4.74 Å². The highest BCUT2D eigenvalue weighted by atomic mass is 127. The predicted molar refractivity (Wildman–Crippen MR) is 72.2 cm³/mol. The molecule has 0 atom stereocenters. The summed E-state index contributed by atoms with van der Waals surface area (Å²) in [6.07, 6.45) is 2.33. The summed E-state index contributed by atoms with van der Waals surface area (Å²) in [5, 5.41) is 3.34. The van der Waals surface area contributed by atoms with Crippen molar-refractivity contribution in [2.24, 2.45) is 0 Å². The summed E-state index contributed by atoms with van der Waals surface area (Å²) in [6.45, 7) is 2.81. The van der Waals surface area contributed by atoms with Gasteiger partial charge in [-0.15, -0.1) is 0 Å². The van der Waals surface area contributed by atoms with Crippen molar-refractivity contribution < 1.29 is 4.74 Å². The Morgan fingerprint density at radius 1 is 1.20 bits per heavy atom. The second kappa shape index (κ2) is 8.07. The van der Waals surface area contributed by atoms with Gasteiger partial charge in [0.1, 0.15) is 0 Å². The Kier molecular flexibility index (Phi) is 6.96. The molecule has 1 rings (SSSR count). The molecular weight excluding hydrogens is 301 g/mol. The monoisotopic (exact) mass is 319 g/mol. The molecule has 1 N–H and O–H groups in total. The van der Waals surface area contributed by atoms with Crippen molar-refractivity contribution in [1.29, 1.82) is 0 Å². The lowest BCUT2D eigenvalue weighted by Gasteiger charge is -2.04. The number of rotatable bonds is 7. The molecule has 2 nitrogen and oxygen atoms in total. The molecule has 0 bridgehead atoms. The fourth-order valence-corrected chi connectivity index (χ4v) is 1.73. The second-order valence-electron chi connectivity index (χ2n) is 3.47. The maximum atomic E-state index is 4.96. The van der Waals surface area contributed by atoms with Gasteiger partial charge in [-0.2, -0.15) is 0 Å². The molecule has 0 fully saturated rings. The highest BCUT2D eigenvalue weighted by molar-refractivity contribution is 14.1. The van der Waals surface area contributed by atoms with E-state index in [1.807, 2.05) is 0 Å². The molecule has 3 heteroatoms. The minimum Gasteiger partial charge on any atom is -0.383 e. The fraction of sp³-hybridized carbons (Fsp3) is 0.500. The van der Waals surface area contributed by atoms with E-state index in [0.717, 1.165) is 26.1 Å². The van der Waals surface area contributed by atoms with Gasteiger partial charge in [-0.25, -0.2) is 0 Å². The van der Waals surface area contributed by atoms with Crippen LogP contribution in [0.5, 0.6) is 0 Å². The third-order valence-electron chi connectivity index (χ3n) is 2.22. The number of methoxy groups -OCH3 is 1. The van der Waals surface area contributed by atoms with Gasteiger partial charge in [0.25, 0.3) is 0 Å². The van der Waals surface area contributed by atoms with Crippen LogP contribution in [0.3, 0.4) is 0 Å². The van der Waals surface area contributed by atoms with Gasteiger partial charge in [0, 0.05) is 17.2 Å². The van der Waals surface area contributed by atoms with E-state index >= 15 is 0 Å². The molecule has 0 aliphatic heterocycles. The number of halogens is 1. The molecule has 0 amide bonds. The summed E-state index contributed by atoms with van der Waals surface area (Å²) in [7, 11) is 1.73. The van der Waals surface area contributed by atoms with Crippen LogP contribution in [0.2, 0.25) is 0 Å². The molecule has 1 aromatic carbocycles. The summed E-state index contributed by atoms with van der Waals surface area (Å²) in [6, 6.07) is 8.73. The summed E-state index contributed by atoms with van der Waals surface area (Å²) in [5.74, 6) is 0. The van der Waals surface area contributed by atoms with E-state index < -0.39 is 0 Å². The van der Waals surface area contributed by atoms with Crippen molar-refractivity contribution in [3.8, 4) is 0 Å². The maximum Gasteiger partial charge on any atom is 0.0587 e. The summed E-state index contributed by atoms with van der Waals surface area (Å²) in [4.78, 5) is 0. The Hall–Kier alpha value is -0.130. The Labute approximate surface area is 106 Å². The number of ether oxygens (including phenoxy) is 1. The van der Waals surface area contributed by atoms with E-state index in [0.29, 0.717) is 0 Å². The molecule has 0 heterocycles. The van der Waals surface area contributed by atoms with Gasteiger partial charge in [0.05, 0.1) is 6.61 Å². The molecule has 15 heavy (non-hydrogen) atoms. The zero-order valence-electron chi connectivity index (χ0n) is 9.13. The van der Waals surface area contributed by atoms with Gasteiger partial charge < -0.3 is 10.1 Å². The van der Waals surface area contributed by atoms with Crippen molar-refractivity contribution in [3.63, 3.8) is 0 Å². The lowest BCUT2D eigenvalue weighted by molar-refractivity contribution is 0.199. The molecule has 0 spiro atoms. The first-order chi connectivity index (χ1) is 7.33. The summed E-state index contributed by atoms with van der Waals surface area (Å²) >= 11 is 2.33. The van der Waals surface area contributed by atoms with Crippen molar-refractivity contribution in [2.45, 2.75) is 12.8 Å². The minimum absolute atomic E-state index is 0.795. The van der Waals surface area contributed by atoms with E-state index in [1.165, 1.54) is 15.6 Å². The second-order valence-corrected chi connectivity index (χ2v) is 4.72. The largest absolute Gasteiger partial charge is 0.383 e. The van der Waals surface area contributed by atoms with Crippen LogP contribution < -0.4 is 5.32 Å². The SMILES string of the molecule is COCCNCCCc1ccc(I)cc1. The van der Waals surface area contributed by atoms with Gasteiger partial charge in [0.2, 0.25) is 0 Å². The van der Waals surface area contributed by atoms with Crippen molar-refractivity contribution >= 4 is 22.6 Å². The first-order valence-electron chi connectivity index (χ1n) is 5.27. The van der Waals surface area contributed by atoms with Gasteiger partial charge in [-0.3, -0.25) is 0 Å². The highest BCUT2D eigenvalue weighted by Crippen LogP contribution is 2.08. The molecule has 0 saturated heterocycles. The standard InChI is InChI=1S/C12H18INO/c1-15-10-9-14-8-2-3-11-4-6-12(13)7-5-11/h4-7,14H,2-3,8-10H2,1H3. The van der Waals surface area contributed by atoms with Gasteiger partial charge in [0.15, 0.2) is 0 Å². The van der Waals surface area contributed by atoms with E-state index in [2.05, 4.69) is 52.2 Å². The normalized spacial score (nSPS) is 10.5. The Balaban J connectivity index is 2.07. The summed E-state index contributed by atoms with van der Waals surface area (Å²) < 4.78 is 6.26. The van der Waals surface area contributed by atoms with Crippen LogP contribution in [0.25, 0.3) is 0 Å². The molecular formula is C12H18INO. The maximum absolute atomic E-state index is 4.96. The number of benzene rings is 1. The minimum atomic E-state index is 0.795. The molecule has 84 valence electrons. The Morgan fingerprint density at radius 3 is 2.60 bits per heavy atom. The van der Waals surface area contributed by atoms with E-state index in [1.54, 1.807) is 7.11 Å². The fourth-order valence-electron chi connectivity index (χ4n) is 1.37. The third-order valence-corrected chi connectivity index (χ3v) is 2.93. The topological polar surface area (TPSA) is 21.3 Å². The van der Waals surface area contributed by atoms with Gasteiger partial charge >= 0.3 is 0 Å². The zero-order chi connectivity index (χ0) is 10.9. The molecule has 0 unspecified atom stereocenters. The molecule has 0 aliphatic rings. The zero-order valence-corrected chi connectivity index (χ0v) is 11.3. The van der Waals surface area contributed by atoms with Crippen LogP contribution in [0.15, 0.2) is 24.3 Å². The van der Waals surface area contributed by atoms with Crippen molar-refractivity contribution in [3.05, 3.63) is 33.4 Å². The van der Waals surface area contributed by atoms with Crippen LogP contribution in [-0.2, 0) is 11.2 Å². The average Bonchev–Trinajstić information content (AvgIpc) is 2.26. The molecule has 0 saturated carbocycles. The average molecular weight is 319 g/mol. The van der Waals surface area contributed by atoms with Gasteiger partial charge in [-0.05, 0) is 59.7 Å². The first-order valence-corrected chi connectivity index (χ1v) is 6.35. The third kappa shape index (κ3) is 6.12. The van der Waals surface area contributed by atoms with Crippen LogP contribution in [0.1, 0.15) is 12.0 Å². The molecule has 1 aromatic rings. The smallest absolute Gasteiger partial charge is 0.0587 e. The Morgan fingerprint density at radius 2 is 1.93 bits per heavy atom. The quantitative estimate of drug-likeness (QED) is 0.616. The first kappa shape index (κ1) is 12.9. The van der Waals surface area contributed by atoms with Crippen molar-refractivity contribution in [1.82, 2.24) is 5.32 Å². The number of hydrogen-bond acceptors (Lipinski definition) is 2. The van der Waals surface area contributed by atoms with Crippen LogP contribution >= 0.6 is 22.6 Å². The molecule has 0 aliphatic carbocycles. The lowest BCUT2D eigenvalue weighted by atomic mass is 10.1. The number of aryl methyl sites for hydroxylation is 1. The summed E-state index contributed by atoms with van der Waals surface area (Å²) in [5.41, 5.74) is 1.42. The number of hydrogen-bond donors (Lipinski definition) is 1. The van der Waals surface area contributed by atoms with Crippen LogP contribution in [0.4, 0.5) is 0 Å².